The van der Waals surface area contributed by atoms with Gasteiger partial charge < -0.3 is 10.5 Å². The first-order chi connectivity index (χ1) is 5.75. The molecular formula is C6H8N4O2. The number of carbonyl (C=O) groups is 1. The Morgan fingerprint density at radius 3 is 3.08 bits per heavy atom. The molecule has 0 radical (unpaired) electrons. The van der Waals surface area contributed by atoms with Crippen LogP contribution in [0.4, 0.5) is 5.82 Å². The van der Waals surface area contributed by atoms with Crippen LogP contribution in [0.2, 0.25) is 0 Å². The maximum atomic E-state index is 11.0. The van der Waals surface area contributed by atoms with E-state index in [0.717, 1.165) is 6.33 Å². The van der Waals surface area contributed by atoms with E-state index in [0.29, 0.717) is 0 Å². The fourth-order valence-electron chi connectivity index (χ4n) is 0.642. The van der Waals surface area contributed by atoms with E-state index < -0.39 is 5.97 Å². The number of ether oxygens (including phenoxy) is 1. The Labute approximate surface area is 68.8 Å². The first kappa shape index (κ1) is 8.38. The van der Waals surface area contributed by atoms with Gasteiger partial charge in [0.2, 0.25) is 0 Å². The molecule has 0 aliphatic heterocycles. The smallest absolute Gasteiger partial charge is 0.360 e. The molecule has 0 unspecified atom stereocenters. The van der Waals surface area contributed by atoms with Crippen LogP contribution >= 0.6 is 0 Å². The van der Waals surface area contributed by atoms with Crippen LogP contribution in [0.1, 0.15) is 17.4 Å². The molecule has 1 aromatic heterocycles. The highest BCUT2D eigenvalue weighted by atomic mass is 16.5. The van der Waals surface area contributed by atoms with Gasteiger partial charge in [0.25, 0.3) is 0 Å². The van der Waals surface area contributed by atoms with Crippen LogP contribution in [0.15, 0.2) is 6.33 Å². The molecule has 0 aliphatic carbocycles. The number of anilines is 1. The molecule has 0 bridgehead atoms. The zero-order valence-electron chi connectivity index (χ0n) is 6.52. The van der Waals surface area contributed by atoms with Crippen LogP contribution in [-0.4, -0.2) is 27.8 Å². The van der Waals surface area contributed by atoms with Gasteiger partial charge in [-0.15, -0.1) is 10.2 Å². The molecule has 0 aliphatic rings. The number of nitrogen functional groups attached to an aromatic ring is 1. The minimum atomic E-state index is -0.579. The van der Waals surface area contributed by atoms with Crippen molar-refractivity contribution in [3.63, 3.8) is 0 Å². The van der Waals surface area contributed by atoms with Crippen molar-refractivity contribution in [1.29, 1.82) is 0 Å². The lowest BCUT2D eigenvalue weighted by Gasteiger charge is -2.00. The summed E-state index contributed by atoms with van der Waals surface area (Å²) in [5.41, 5.74) is 5.32. The van der Waals surface area contributed by atoms with Crippen molar-refractivity contribution < 1.29 is 9.53 Å². The van der Waals surface area contributed by atoms with Crippen LogP contribution in [0, 0.1) is 0 Å². The van der Waals surface area contributed by atoms with Crippen LogP contribution in [0.25, 0.3) is 0 Å². The van der Waals surface area contributed by atoms with Gasteiger partial charge in [-0.3, -0.25) is 0 Å². The van der Waals surface area contributed by atoms with Gasteiger partial charge in [0.1, 0.15) is 6.33 Å². The number of nitrogens with two attached hydrogens (primary N) is 1. The number of aromatic nitrogens is 3. The molecule has 12 heavy (non-hydrogen) atoms. The van der Waals surface area contributed by atoms with Gasteiger partial charge >= 0.3 is 5.97 Å². The fraction of sp³-hybridized carbons (Fsp3) is 0.333. The summed E-state index contributed by atoms with van der Waals surface area (Å²) in [5.74, 6) is -0.596. The van der Waals surface area contributed by atoms with Crippen LogP contribution in [0.3, 0.4) is 0 Å². The van der Waals surface area contributed by atoms with Gasteiger partial charge in [-0.05, 0) is 6.92 Å². The van der Waals surface area contributed by atoms with E-state index in [9.17, 15) is 4.79 Å². The Balaban J connectivity index is 2.87. The van der Waals surface area contributed by atoms with Crippen molar-refractivity contribution in [1.82, 2.24) is 15.2 Å². The second-order valence-corrected chi connectivity index (χ2v) is 1.91. The first-order valence-electron chi connectivity index (χ1n) is 3.36. The number of nitrogens with zero attached hydrogens (tertiary/aromatic N) is 3. The van der Waals surface area contributed by atoms with Crippen molar-refractivity contribution in [2.24, 2.45) is 0 Å². The molecule has 0 saturated heterocycles. The lowest BCUT2D eigenvalue weighted by molar-refractivity contribution is 0.0520. The monoisotopic (exact) mass is 168 g/mol. The number of hydrogen-bond donors (Lipinski definition) is 1. The highest BCUT2D eigenvalue weighted by Crippen LogP contribution is 2.02. The SMILES string of the molecule is CCOC(=O)c1ncnnc1N. The topological polar surface area (TPSA) is 91.0 Å². The fourth-order valence-corrected chi connectivity index (χ4v) is 0.642. The van der Waals surface area contributed by atoms with Crippen molar-refractivity contribution in [3.8, 4) is 0 Å². The van der Waals surface area contributed by atoms with E-state index >= 15 is 0 Å². The molecule has 0 atom stereocenters. The Morgan fingerprint density at radius 1 is 1.75 bits per heavy atom. The number of carbonyl (C=O) groups excluding carboxylic acids is 1. The second-order valence-electron chi connectivity index (χ2n) is 1.91. The van der Waals surface area contributed by atoms with E-state index in [4.69, 9.17) is 5.73 Å². The molecule has 0 saturated carbocycles. The highest BCUT2D eigenvalue weighted by molar-refractivity contribution is 5.91. The number of hydrogen-bond acceptors (Lipinski definition) is 6. The normalized spacial score (nSPS) is 9.42. The third-order valence-electron chi connectivity index (χ3n) is 1.12. The van der Waals surface area contributed by atoms with Crippen molar-refractivity contribution in [2.45, 2.75) is 6.92 Å². The quantitative estimate of drug-likeness (QED) is 0.606. The summed E-state index contributed by atoms with van der Waals surface area (Å²) >= 11 is 0. The Kier molecular flexibility index (Phi) is 2.52. The number of esters is 1. The predicted molar refractivity (Wildman–Crippen MR) is 40.2 cm³/mol. The molecular weight excluding hydrogens is 160 g/mol. The van der Waals surface area contributed by atoms with Crippen molar-refractivity contribution in [3.05, 3.63) is 12.0 Å². The molecule has 1 heterocycles. The zero-order chi connectivity index (χ0) is 8.97. The van der Waals surface area contributed by atoms with E-state index in [-0.39, 0.29) is 18.1 Å². The summed E-state index contributed by atoms with van der Waals surface area (Å²) in [6.45, 7) is 1.98. The molecule has 64 valence electrons. The summed E-state index contributed by atoms with van der Waals surface area (Å²) in [6.07, 6.45) is 1.14. The lowest BCUT2D eigenvalue weighted by atomic mass is 10.4. The summed E-state index contributed by atoms with van der Waals surface area (Å²) in [7, 11) is 0. The van der Waals surface area contributed by atoms with Gasteiger partial charge in [0, 0.05) is 0 Å². The Hall–Kier alpha value is -1.72. The molecule has 0 spiro atoms. The van der Waals surface area contributed by atoms with E-state index in [1.54, 1.807) is 6.92 Å². The third kappa shape index (κ3) is 1.66. The summed E-state index contributed by atoms with van der Waals surface area (Å²) in [4.78, 5) is 14.7. The maximum Gasteiger partial charge on any atom is 0.360 e. The molecule has 0 amide bonds. The summed E-state index contributed by atoms with van der Waals surface area (Å²) < 4.78 is 4.66. The van der Waals surface area contributed by atoms with Gasteiger partial charge in [-0.25, -0.2) is 9.78 Å². The highest BCUT2D eigenvalue weighted by Gasteiger charge is 2.12. The third-order valence-corrected chi connectivity index (χ3v) is 1.12. The van der Waals surface area contributed by atoms with Crippen LogP contribution < -0.4 is 5.73 Å². The molecule has 1 rings (SSSR count). The Bertz CT molecular complexity index is 289. The van der Waals surface area contributed by atoms with E-state index in [2.05, 4.69) is 19.9 Å². The predicted octanol–water partition coefficient (Wildman–Crippen LogP) is -0.370. The van der Waals surface area contributed by atoms with E-state index in [1.807, 2.05) is 0 Å². The van der Waals surface area contributed by atoms with Crippen LogP contribution in [0.5, 0.6) is 0 Å². The molecule has 6 nitrogen and oxygen atoms in total. The molecule has 6 heteroatoms. The summed E-state index contributed by atoms with van der Waals surface area (Å²) in [6, 6.07) is 0. The number of rotatable bonds is 2. The van der Waals surface area contributed by atoms with Gasteiger partial charge in [0.05, 0.1) is 6.61 Å². The maximum absolute atomic E-state index is 11.0. The summed E-state index contributed by atoms with van der Waals surface area (Å²) in [5, 5.41) is 6.84. The average Bonchev–Trinajstić information content (AvgIpc) is 2.05. The second kappa shape index (κ2) is 3.61. The van der Waals surface area contributed by atoms with Crippen molar-refractivity contribution in [2.75, 3.05) is 12.3 Å². The van der Waals surface area contributed by atoms with Gasteiger partial charge in [0.15, 0.2) is 11.5 Å². The van der Waals surface area contributed by atoms with Gasteiger partial charge in [-0.2, -0.15) is 0 Å². The lowest BCUT2D eigenvalue weighted by Crippen LogP contribution is -2.12. The molecule has 0 fully saturated rings. The van der Waals surface area contributed by atoms with Gasteiger partial charge in [-0.1, -0.05) is 0 Å². The van der Waals surface area contributed by atoms with E-state index in [1.165, 1.54) is 0 Å². The molecule has 0 aromatic carbocycles. The minimum absolute atomic E-state index is 0.00634. The first-order valence-corrected chi connectivity index (χ1v) is 3.36. The molecule has 2 N–H and O–H groups in total. The largest absolute Gasteiger partial charge is 0.461 e. The van der Waals surface area contributed by atoms with Crippen LogP contribution in [-0.2, 0) is 4.74 Å². The van der Waals surface area contributed by atoms with Crippen molar-refractivity contribution >= 4 is 11.8 Å². The molecule has 1 aromatic rings. The Morgan fingerprint density at radius 2 is 2.50 bits per heavy atom. The minimum Gasteiger partial charge on any atom is -0.461 e. The standard InChI is InChI=1S/C6H8N4O2/c1-2-12-6(11)4-5(7)10-9-3-8-4/h3H,2H2,1H3,(H2,7,10). The average molecular weight is 168 g/mol. The zero-order valence-corrected chi connectivity index (χ0v) is 6.52.